The smallest absolute Gasteiger partial charge is 0.251 e. The van der Waals surface area contributed by atoms with Crippen molar-refractivity contribution in [1.29, 1.82) is 0 Å². The number of nitrogens with one attached hydrogen (secondary N) is 2. The topological polar surface area (TPSA) is 76.4 Å². The molecule has 18 heavy (non-hydrogen) atoms. The first-order chi connectivity index (χ1) is 8.56. The number of rotatable bonds is 5. The van der Waals surface area contributed by atoms with Gasteiger partial charge in [0.2, 0.25) is 0 Å². The van der Waals surface area contributed by atoms with Crippen LogP contribution in [-0.2, 0) is 4.74 Å². The van der Waals surface area contributed by atoms with E-state index in [4.69, 9.17) is 22.7 Å². The fourth-order valence-electron chi connectivity index (χ4n) is 1.51. The molecule has 0 aliphatic carbocycles. The molecule has 0 saturated carbocycles. The summed E-state index contributed by atoms with van der Waals surface area (Å²) in [6.07, 6.45) is 0. The number of benzene rings is 1. The molecule has 0 fully saturated rings. The van der Waals surface area contributed by atoms with Crippen molar-refractivity contribution in [3.05, 3.63) is 29.3 Å². The van der Waals surface area contributed by atoms with Crippen LogP contribution in [0.4, 0.5) is 5.69 Å². The van der Waals surface area contributed by atoms with E-state index in [1.54, 1.807) is 19.2 Å². The van der Waals surface area contributed by atoms with Crippen LogP contribution >= 0.6 is 12.2 Å². The van der Waals surface area contributed by atoms with E-state index in [1.165, 1.54) is 0 Å². The number of hydrogen-bond acceptors (Lipinski definition) is 3. The maximum atomic E-state index is 11.9. The van der Waals surface area contributed by atoms with Crippen molar-refractivity contribution in [3.8, 4) is 0 Å². The highest BCUT2D eigenvalue weighted by Crippen LogP contribution is 2.18. The number of nitrogens with two attached hydrogens (primary N) is 1. The molecule has 5 nitrogen and oxygen atoms in total. The summed E-state index contributed by atoms with van der Waals surface area (Å²) in [5.74, 6) is -0.142. The fourth-order valence-corrected chi connectivity index (χ4v) is 1.62. The van der Waals surface area contributed by atoms with Gasteiger partial charge >= 0.3 is 0 Å². The molecule has 0 heterocycles. The van der Waals surface area contributed by atoms with Gasteiger partial charge in [-0.2, -0.15) is 0 Å². The number of ether oxygens (including phenoxy) is 1. The molecular weight excluding hydrogens is 250 g/mol. The largest absolute Gasteiger partial charge is 0.383 e. The van der Waals surface area contributed by atoms with E-state index in [9.17, 15) is 4.79 Å². The minimum atomic E-state index is -0.142. The Hall–Kier alpha value is -1.66. The van der Waals surface area contributed by atoms with Crippen LogP contribution in [0.1, 0.15) is 15.9 Å². The SMILES string of the molecule is COCCNC(=O)c1cccc(NC(N)=S)c1C. The zero-order valence-corrected chi connectivity index (χ0v) is 11.3. The van der Waals surface area contributed by atoms with Crippen molar-refractivity contribution in [2.24, 2.45) is 5.73 Å². The first-order valence-electron chi connectivity index (χ1n) is 5.49. The Morgan fingerprint density at radius 2 is 2.22 bits per heavy atom. The molecule has 0 aliphatic heterocycles. The molecule has 0 radical (unpaired) electrons. The van der Waals surface area contributed by atoms with Crippen molar-refractivity contribution in [2.75, 3.05) is 25.6 Å². The van der Waals surface area contributed by atoms with Gasteiger partial charge < -0.3 is 21.1 Å². The molecule has 1 aromatic rings. The molecule has 1 aromatic carbocycles. The third-order valence-electron chi connectivity index (χ3n) is 2.43. The molecule has 4 N–H and O–H groups in total. The third kappa shape index (κ3) is 3.97. The van der Waals surface area contributed by atoms with Crippen LogP contribution < -0.4 is 16.4 Å². The predicted octanol–water partition coefficient (Wildman–Crippen LogP) is 1.03. The van der Waals surface area contributed by atoms with Crippen LogP contribution in [-0.4, -0.2) is 31.3 Å². The molecule has 0 aliphatic rings. The van der Waals surface area contributed by atoms with Gasteiger partial charge in [0, 0.05) is 24.9 Å². The lowest BCUT2D eigenvalue weighted by molar-refractivity contribution is 0.0936. The first kappa shape index (κ1) is 14.4. The zero-order chi connectivity index (χ0) is 13.5. The summed E-state index contributed by atoms with van der Waals surface area (Å²) < 4.78 is 4.87. The lowest BCUT2D eigenvalue weighted by Crippen LogP contribution is -2.28. The van der Waals surface area contributed by atoms with Gasteiger partial charge in [-0.3, -0.25) is 4.79 Å². The lowest BCUT2D eigenvalue weighted by Gasteiger charge is -2.12. The lowest BCUT2D eigenvalue weighted by atomic mass is 10.1. The molecule has 1 rings (SSSR count). The molecule has 0 spiro atoms. The van der Waals surface area contributed by atoms with Crippen molar-refractivity contribution in [3.63, 3.8) is 0 Å². The monoisotopic (exact) mass is 267 g/mol. The summed E-state index contributed by atoms with van der Waals surface area (Å²) in [6.45, 7) is 2.79. The second kappa shape index (κ2) is 6.93. The fraction of sp³-hybridized carbons (Fsp3) is 0.333. The highest BCUT2D eigenvalue weighted by atomic mass is 32.1. The molecule has 0 aromatic heterocycles. The average molecular weight is 267 g/mol. The highest BCUT2D eigenvalue weighted by molar-refractivity contribution is 7.80. The summed E-state index contributed by atoms with van der Waals surface area (Å²) >= 11 is 4.78. The maximum absolute atomic E-state index is 11.9. The van der Waals surface area contributed by atoms with Crippen molar-refractivity contribution >= 4 is 28.9 Å². The Morgan fingerprint density at radius 3 is 2.83 bits per heavy atom. The number of carbonyl (C=O) groups is 1. The van der Waals surface area contributed by atoms with E-state index in [1.807, 2.05) is 13.0 Å². The van der Waals surface area contributed by atoms with Crippen LogP contribution in [0, 0.1) is 6.92 Å². The molecule has 98 valence electrons. The van der Waals surface area contributed by atoms with Crippen molar-refractivity contribution in [1.82, 2.24) is 5.32 Å². The number of thiocarbonyl (C=S) groups is 1. The van der Waals surface area contributed by atoms with E-state index in [-0.39, 0.29) is 11.0 Å². The molecule has 0 bridgehead atoms. The zero-order valence-electron chi connectivity index (χ0n) is 10.4. The van der Waals surface area contributed by atoms with Gasteiger partial charge in [0.05, 0.1) is 6.61 Å². The van der Waals surface area contributed by atoms with Crippen LogP contribution in [0.25, 0.3) is 0 Å². The number of carbonyl (C=O) groups excluding carboxylic acids is 1. The molecule has 1 amide bonds. The van der Waals surface area contributed by atoms with Crippen molar-refractivity contribution < 1.29 is 9.53 Å². The van der Waals surface area contributed by atoms with Crippen LogP contribution in [0.3, 0.4) is 0 Å². The summed E-state index contributed by atoms with van der Waals surface area (Å²) in [6, 6.07) is 5.35. The maximum Gasteiger partial charge on any atom is 0.251 e. The average Bonchev–Trinajstić information content (AvgIpc) is 2.31. The van der Waals surface area contributed by atoms with E-state index in [0.29, 0.717) is 18.7 Å². The van der Waals surface area contributed by atoms with E-state index < -0.39 is 0 Å². The Bertz CT molecular complexity index is 449. The van der Waals surface area contributed by atoms with Crippen LogP contribution in [0.2, 0.25) is 0 Å². The molecular formula is C12H17N3O2S. The van der Waals surface area contributed by atoms with Gasteiger partial charge in [0.15, 0.2) is 5.11 Å². The van der Waals surface area contributed by atoms with Gasteiger partial charge in [-0.05, 0) is 36.8 Å². The molecule has 0 unspecified atom stereocenters. The quantitative estimate of drug-likeness (QED) is 0.548. The summed E-state index contributed by atoms with van der Waals surface area (Å²) in [7, 11) is 1.59. The number of methoxy groups -OCH3 is 1. The Labute approximate surface area is 112 Å². The summed E-state index contributed by atoms with van der Waals surface area (Å²) in [4.78, 5) is 11.9. The van der Waals surface area contributed by atoms with Gasteiger partial charge in [-0.15, -0.1) is 0 Å². The summed E-state index contributed by atoms with van der Waals surface area (Å²) in [5, 5.41) is 5.78. The molecule has 6 heteroatoms. The first-order valence-corrected chi connectivity index (χ1v) is 5.90. The van der Waals surface area contributed by atoms with E-state index >= 15 is 0 Å². The number of hydrogen-bond donors (Lipinski definition) is 3. The minimum absolute atomic E-state index is 0.142. The summed E-state index contributed by atoms with van der Waals surface area (Å²) in [5.41, 5.74) is 7.55. The van der Waals surface area contributed by atoms with Gasteiger partial charge in [-0.25, -0.2) is 0 Å². The highest BCUT2D eigenvalue weighted by Gasteiger charge is 2.11. The second-order valence-corrected chi connectivity index (χ2v) is 4.16. The molecule has 0 saturated heterocycles. The van der Waals surface area contributed by atoms with Gasteiger partial charge in [-0.1, -0.05) is 6.07 Å². The number of amides is 1. The number of anilines is 1. The van der Waals surface area contributed by atoms with Gasteiger partial charge in [0.25, 0.3) is 5.91 Å². The Morgan fingerprint density at radius 1 is 1.50 bits per heavy atom. The van der Waals surface area contributed by atoms with Crippen LogP contribution in [0.5, 0.6) is 0 Å². The van der Waals surface area contributed by atoms with Gasteiger partial charge in [0.1, 0.15) is 0 Å². The Kier molecular flexibility index (Phi) is 5.54. The van der Waals surface area contributed by atoms with Crippen LogP contribution in [0.15, 0.2) is 18.2 Å². The standard InChI is InChI=1S/C12H17N3O2S/c1-8-9(11(16)14-6-7-17-2)4-3-5-10(8)15-12(13)18/h3-5H,6-7H2,1-2H3,(H,14,16)(H3,13,15,18). The predicted molar refractivity (Wildman–Crippen MR) is 75.8 cm³/mol. The molecule has 0 atom stereocenters. The van der Waals surface area contributed by atoms with E-state index in [0.717, 1.165) is 11.3 Å². The Balaban J connectivity index is 2.82. The van der Waals surface area contributed by atoms with Crippen molar-refractivity contribution in [2.45, 2.75) is 6.92 Å². The van der Waals surface area contributed by atoms with E-state index in [2.05, 4.69) is 10.6 Å². The third-order valence-corrected chi connectivity index (χ3v) is 2.53. The normalized spacial score (nSPS) is 9.89. The second-order valence-electron chi connectivity index (χ2n) is 3.72. The minimum Gasteiger partial charge on any atom is -0.383 e.